The van der Waals surface area contributed by atoms with Crippen molar-refractivity contribution in [1.82, 2.24) is 14.5 Å². The number of rotatable bonds is 7. The fourth-order valence-electron chi connectivity index (χ4n) is 2.75. The van der Waals surface area contributed by atoms with Gasteiger partial charge in [0.05, 0.1) is 24.7 Å². The molecule has 0 saturated carbocycles. The van der Waals surface area contributed by atoms with E-state index in [0.29, 0.717) is 26.2 Å². The molecule has 0 unspecified atom stereocenters. The van der Waals surface area contributed by atoms with Crippen LogP contribution < -0.4 is 9.46 Å². The Labute approximate surface area is 148 Å². The third kappa shape index (κ3) is 4.81. The monoisotopic (exact) mass is 365 g/mol. The van der Waals surface area contributed by atoms with Gasteiger partial charge in [0.2, 0.25) is 10.0 Å². The van der Waals surface area contributed by atoms with Crippen LogP contribution in [0.25, 0.3) is 5.69 Å². The third-order valence-corrected chi connectivity index (χ3v) is 5.68. The molecule has 25 heavy (non-hydrogen) atoms. The van der Waals surface area contributed by atoms with Crippen molar-refractivity contribution in [1.29, 1.82) is 0 Å². The average molecular weight is 365 g/mol. The molecule has 1 aromatic carbocycles. The van der Waals surface area contributed by atoms with Crippen molar-refractivity contribution in [2.75, 3.05) is 25.6 Å². The molecule has 0 spiro atoms. The van der Waals surface area contributed by atoms with Gasteiger partial charge in [0, 0.05) is 31.0 Å². The van der Waals surface area contributed by atoms with E-state index in [4.69, 9.17) is 9.47 Å². The third-order valence-electron chi connectivity index (χ3n) is 4.25. The fraction of sp³-hybridized carbons (Fsp3) is 0.471. The zero-order valence-electron chi connectivity index (χ0n) is 14.2. The Morgan fingerprint density at radius 1 is 1.36 bits per heavy atom. The zero-order chi connectivity index (χ0) is 17.7. The van der Waals surface area contributed by atoms with Gasteiger partial charge in [0.1, 0.15) is 5.75 Å². The van der Waals surface area contributed by atoms with E-state index in [1.807, 2.05) is 36.5 Å². The SMILES string of the molecule is CCS(=O)(=O)N[C@H]1CCOC[C@@H]1COc1ccc(-n2cccn2)cc1. The van der Waals surface area contributed by atoms with Crippen molar-refractivity contribution in [3.05, 3.63) is 42.7 Å². The predicted octanol–water partition coefficient (Wildman–Crippen LogP) is 1.60. The summed E-state index contributed by atoms with van der Waals surface area (Å²) in [6, 6.07) is 9.33. The van der Waals surface area contributed by atoms with E-state index in [0.717, 1.165) is 11.4 Å². The molecule has 1 aliphatic rings. The van der Waals surface area contributed by atoms with Gasteiger partial charge in [-0.2, -0.15) is 5.10 Å². The van der Waals surface area contributed by atoms with E-state index in [9.17, 15) is 8.42 Å². The summed E-state index contributed by atoms with van der Waals surface area (Å²) in [5.74, 6) is 0.798. The van der Waals surface area contributed by atoms with Gasteiger partial charge < -0.3 is 9.47 Å². The largest absolute Gasteiger partial charge is 0.493 e. The van der Waals surface area contributed by atoms with Crippen molar-refractivity contribution < 1.29 is 17.9 Å². The van der Waals surface area contributed by atoms with E-state index in [1.165, 1.54) is 0 Å². The molecule has 1 aromatic heterocycles. The van der Waals surface area contributed by atoms with E-state index < -0.39 is 10.0 Å². The highest BCUT2D eigenvalue weighted by atomic mass is 32.2. The Morgan fingerprint density at radius 2 is 2.16 bits per heavy atom. The highest BCUT2D eigenvalue weighted by Gasteiger charge is 2.29. The molecule has 0 bridgehead atoms. The Hall–Kier alpha value is -1.90. The number of hydrogen-bond acceptors (Lipinski definition) is 5. The zero-order valence-corrected chi connectivity index (χ0v) is 15.0. The summed E-state index contributed by atoms with van der Waals surface area (Å²) in [5, 5.41) is 4.18. The smallest absolute Gasteiger partial charge is 0.211 e. The fourth-order valence-corrected chi connectivity index (χ4v) is 3.69. The van der Waals surface area contributed by atoms with Crippen molar-refractivity contribution in [2.24, 2.45) is 5.92 Å². The van der Waals surface area contributed by atoms with Crippen molar-refractivity contribution in [3.8, 4) is 11.4 Å². The summed E-state index contributed by atoms with van der Waals surface area (Å²) < 4.78 is 39.5. The molecule has 0 amide bonds. The molecule has 1 aliphatic heterocycles. The summed E-state index contributed by atoms with van der Waals surface area (Å²) in [6.45, 7) is 3.08. The number of nitrogens with one attached hydrogen (secondary N) is 1. The summed E-state index contributed by atoms with van der Waals surface area (Å²) in [5.41, 5.74) is 0.951. The predicted molar refractivity (Wildman–Crippen MR) is 94.4 cm³/mol. The summed E-state index contributed by atoms with van der Waals surface area (Å²) in [6.07, 6.45) is 4.26. The lowest BCUT2D eigenvalue weighted by molar-refractivity contribution is 0.0186. The van der Waals surface area contributed by atoms with E-state index in [2.05, 4.69) is 9.82 Å². The number of benzene rings is 1. The minimum absolute atomic E-state index is 0.0131. The molecule has 2 aromatic rings. The number of ether oxygens (including phenoxy) is 2. The van der Waals surface area contributed by atoms with Gasteiger partial charge >= 0.3 is 0 Å². The second kappa shape index (κ2) is 7.99. The van der Waals surface area contributed by atoms with Crippen molar-refractivity contribution in [3.63, 3.8) is 0 Å². The summed E-state index contributed by atoms with van der Waals surface area (Å²) in [7, 11) is -3.24. The molecule has 0 radical (unpaired) electrons. The lowest BCUT2D eigenvalue weighted by atomic mass is 9.98. The quantitative estimate of drug-likeness (QED) is 0.806. The maximum absolute atomic E-state index is 11.8. The molecule has 1 fully saturated rings. The lowest BCUT2D eigenvalue weighted by Crippen LogP contribution is -2.47. The molecule has 7 nitrogen and oxygen atoms in total. The van der Waals surface area contributed by atoms with E-state index in [-0.39, 0.29) is 17.7 Å². The summed E-state index contributed by atoms with van der Waals surface area (Å²) >= 11 is 0. The Morgan fingerprint density at radius 3 is 2.84 bits per heavy atom. The van der Waals surface area contributed by atoms with Gasteiger partial charge in [-0.05, 0) is 43.7 Å². The van der Waals surface area contributed by atoms with Gasteiger partial charge in [-0.15, -0.1) is 0 Å². The molecular formula is C17H23N3O4S. The van der Waals surface area contributed by atoms with Crippen LogP contribution in [0.2, 0.25) is 0 Å². The molecule has 2 atom stereocenters. The minimum Gasteiger partial charge on any atom is -0.493 e. The molecule has 1 N–H and O–H groups in total. The molecule has 136 valence electrons. The van der Waals surface area contributed by atoms with Gasteiger partial charge in [-0.1, -0.05) is 0 Å². The van der Waals surface area contributed by atoms with Gasteiger partial charge in [-0.3, -0.25) is 0 Å². The topological polar surface area (TPSA) is 82.5 Å². The van der Waals surface area contributed by atoms with E-state index in [1.54, 1.807) is 17.8 Å². The normalized spacial score (nSPS) is 21.2. The first kappa shape index (κ1) is 17.9. The number of nitrogens with zero attached hydrogens (tertiary/aromatic N) is 2. The first-order valence-corrected chi connectivity index (χ1v) is 10.0. The van der Waals surface area contributed by atoms with Gasteiger partial charge in [0.15, 0.2) is 0 Å². The van der Waals surface area contributed by atoms with Crippen LogP contribution in [0, 0.1) is 5.92 Å². The Bertz CT molecular complexity index is 760. The molecule has 3 rings (SSSR count). The standard InChI is InChI=1S/C17H23N3O4S/c1-2-25(21,22)19-17-8-11-23-12-14(17)13-24-16-6-4-15(5-7-16)20-10-3-9-18-20/h3-7,9-10,14,17,19H,2,8,11-13H2,1H3/t14-,17+/m1/s1. The number of hydrogen-bond donors (Lipinski definition) is 1. The number of sulfonamides is 1. The second-order valence-electron chi connectivity index (χ2n) is 6.01. The van der Waals surface area contributed by atoms with Crippen LogP contribution in [0.1, 0.15) is 13.3 Å². The first-order valence-electron chi connectivity index (χ1n) is 8.38. The molecule has 8 heteroatoms. The molecular weight excluding hydrogens is 342 g/mol. The Balaban J connectivity index is 1.59. The van der Waals surface area contributed by atoms with Gasteiger partial charge in [-0.25, -0.2) is 17.8 Å². The maximum atomic E-state index is 11.8. The van der Waals surface area contributed by atoms with Crippen LogP contribution in [0.4, 0.5) is 0 Å². The van der Waals surface area contributed by atoms with Crippen LogP contribution in [0.3, 0.4) is 0 Å². The van der Waals surface area contributed by atoms with Crippen LogP contribution in [-0.2, 0) is 14.8 Å². The number of aromatic nitrogens is 2. The Kier molecular flexibility index (Phi) is 5.72. The second-order valence-corrected chi connectivity index (χ2v) is 8.05. The van der Waals surface area contributed by atoms with Crippen LogP contribution in [0.5, 0.6) is 5.75 Å². The first-order chi connectivity index (χ1) is 12.1. The summed E-state index contributed by atoms with van der Waals surface area (Å²) in [4.78, 5) is 0. The van der Waals surface area contributed by atoms with E-state index >= 15 is 0 Å². The van der Waals surface area contributed by atoms with Crippen LogP contribution in [0.15, 0.2) is 42.7 Å². The highest BCUT2D eigenvalue weighted by Crippen LogP contribution is 2.20. The minimum atomic E-state index is -3.24. The molecule has 1 saturated heterocycles. The lowest BCUT2D eigenvalue weighted by Gasteiger charge is -2.31. The van der Waals surface area contributed by atoms with Crippen LogP contribution >= 0.6 is 0 Å². The molecule has 2 heterocycles. The van der Waals surface area contributed by atoms with Crippen molar-refractivity contribution >= 4 is 10.0 Å². The van der Waals surface area contributed by atoms with Crippen LogP contribution in [-0.4, -0.2) is 49.8 Å². The maximum Gasteiger partial charge on any atom is 0.211 e. The van der Waals surface area contributed by atoms with Gasteiger partial charge in [0.25, 0.3) is 0 Å². The average Bonchev–Trinajstić information content (AvgIpc) is 3.16. The van der Waals surface area contributed by atoms with Crippen molar-refractivity contribution in [2.45, 2.75) is 19.4 Å². The highest BCUT2D eigenvalue weighted by molar-refractivity contribution is 7.89. The molecule has 0 aliphatic carbocycles.